The van der Waals surface area contributed by atoms with E-state index in [2.05, 4.69) is 84.4 Å². The van der Waals surface area contributed by atoms with Crippen LogP contribution >= 0.6 is 0 Å². The second-order valence-corrected chi connectivity index (χ2v) is 6.82. The fourth-order valence-corrected chi connectivity index (χ4v) is 3.10. The molecule has 0 saturated heterocycles. The van der Waals surface area contributed by atoms with Gasteiger partial charge >= 0.3 is 0 Å². The van der Waals surface area contributed by atoms with Gasteiger partial charge in [0.05, 0.1) is 12.6 Å². The Balaban J connectivity index is 1.95. The summed E-state index contributed by atoms with van der Waals surface area (Å²) in [5.41, 5.74) is 4.63. The summed E-state index contributed by atoms with van der Waals surface area (Å²) in [5.74, 6) is 0. The molecule has 1 aromatic heterocycles. The van der Waals surface area contributed by atoms with E-state index in [1.54, 1.807) is 0 Å². The molecule has 3 aromatic rings. The highest BCUT2D eigenvalue weighted by Crippen LogP contribution is 2.29. The minimum atomic E-state index is -0.389. The largest absolute Gasteiger partial charge is 0.385 e. The number of aliphatic hydroxyl groups is 1. The van der Waals surface area contributed by atoms with E-state index >= 15 is 0 Å². The van der Waals surface area contributed by atoms with Crippen molar-refractivity contribution in [2.45, 2.75) is 32.5 Å². The van der Waals surface area contributed by atoms with Crippen LogP contribution in [0.4, 0.5) is 0 Å². The Morgan fingerprint density at radius 2 is 1.28 bits per heavy atom. The van der Waals surface area contributed by atoms with Gasteiger partial charge < -0.3 is 15.0 Å². The quantitative estimate of drug-likeness (QED) is 0.684. The molecular formula is C22H27N2O+. The zero-order chi connectivity index (χ0) is 17.6. The average molecular weight is 335 g/mol. The molecule has 1 atom stereocenters. The summed E-state index contributed by atoms with van der Waals surface area (Å²) >= 11 is 0. The van der Waals surface area contributed by atoms with Gasteiger partial charge in [0.25, 0.3) is 0 Å². The van der Waals surface area contributed by atoms with Gasteiger partial charge in [-0.25, -0.2) is 0 Å². The van der Waals surface area contributed by atoms with Crippen LogP contribution < -0.4 is 5.32 Å². The van der Waals surface area contributed by atoms with Crippen molar-refractivity contribution in [1.29, 1.82) is 0 Å². The Bertz CT molecular complexity index is 721. The van der Waals surface area contributed by atoms with Crippen LogP contribution in [-0.2, 0) is 6.54 Å². The summed E-state index contributed by atoms with van der Waals surface area (Å²) < 4.78 is 2.24. The molecule has 3 heteroatoms. The van der Waals surface area contributed by atoms with Crippen molar-refractivity contribution in [3.63, 3.8) is 0 Å². The highest BCUT2D eigenvalue weighted by molar-refractivity contribution is 5.69. The van der Waals surface area contributed by atoms with Gasteiger partial charge in [-0.15, -0.1) is 0 Å². The number of aromatic nitrogens is 1. The molecule has 0 amide bonds. The summed E-state index contributed by atoms with van der Waals surface area (Å²) in [5, 5.41) is 12.7. The number of hydrogen-bond donors (Lipinski definition) is 2. The van der Waals surface area contributed by atoms with Gasteiger partial charge in [-0.2, -0.15) is 0 Å². The van der Waals surface area contributed by atoms with Gasteiger partial charge in [0, 0.05) is 11.4 Å². The van der Waals surface area contributed by atoms with Crippen LogP contribution in [0.15, 0.2) is 72.8 Å². The Morgan fingerprint density at radius 3 is 1.72 bits per heavy atom. The molecule has 25 heavy (non-hydrogen) atoms. The molecule has 0 spiro atoms. The Labute approximate surface area is 149 Å². The molecule has 0 aliphatic rings. The van der Waals surface area contributed by atoms with Crippen LogP contribution in [-0.4, -0.2) is 28.4 Å². The molecule has 0 fully saturated rings. The smallest absolute Gasteiger partial charge is 0.121 e. The predicted molar refractivity (Wildman–Crippen MR) is 103 cm³/mol. The van der Waals surface area contributed by atoms with Crippen molar-refractivity contribution < 1.29 is 10.4 Å². The van der Waals surface area contributed by atoms with Gasteiger partial charge in [-0.3, -0.25) is 0 Å². The van der Waals surface area contributed by atoms with Gasteiger partial charge in [0.15, 0.2) is 0 Å². The summed E-state index contributed by atoms with van der Waals surface area (Å²) in [7, 11) is 0. The first-order valence-electron chi connectivity index (χ1n) is 8.97. The molecule has 1 heterocycles. The van der Waals surface area contributed by atoms with E-state index in [9.17, 15) is 5.11 Å². The molecule has 0 bridgehead atoms. The molecule has 2 aromatic carbocycles. The van der Waals surface area contributed by atoms with Crippen LogP contribution in [0.3, 0.4) is 0 Å². The van der Waals surface area contributed by atoms with Crippen LogP contribution in [0.1, 0.15) is 13.8 Å². The van der Waals surface area contributed by atoms with Crippen molar-refractivity contribution in [2.75, 3.05) is 6.54 Å². The lowest BCUT2D eigenvalue weighted by Gasteiger charge is -2.18. The third-order valence-electron chi connectivity index (χ3n) is 4.39. The van der Waals surface area contributed by atoms with Crippen molar-refractivity contribution in [2.24, 2.45) is 0 Å². The van der Waals surface area contributed by atoms with E-state index < -0.39 is 0 Å². The highest BCUT2D eigenvalue weighted by Gasteiger charge is 2.16. The lowest BCUT2D eigenvalue weighted by molar-refractivity contribution is -0.688. The first-order valence-corrected chi connectivity index (χ1v) is 8.97. The van der Waals surface area contributed by atoms with Gasteiger partial charge in [0.2, 0.25) is 0 Å². The van der Waals surface area contributed by atoms with Crippen molar-refractivity contribution in [3.8, 4) is 22.5 Å². The molecule has 0 aliphatic carbocycles. The number of nitrogens with zero attached hydrogens (tertiary/aromatic N) is 1. The van der Waals surface area contributed by atoms with Crippen LogP contribution in [0, 0.1) is 0 Å². The van der Waals surface area contributed by atoms with Crippen LogP contribution in [0.25, 0.3) is 22.5 Å². The monoisotopic (exact) mass is 335 g/mol. The molecule has 0 radical (unpaired) electrons. The third-order valence-corrected chi connectivity index (χ3v) is 4.39. The number of rotatable bonds is 7. The van der Waals surface area contributed by atoms with Crippen molar-refractivity contribution in [3.05, 3.63) is 72.8 Å². The first kappa shape index (κ1) is 17.5. The second kappa shape index (κ2) is 8.15. The highest BCUT2D eigenvalue weighted by atomic mass is 16.3. The molecule has 130 valence electrons. The molecule has 0 aliphatic heterocycles. The average Bonchev–Trinajstić information content (AvgIpc) is 3.05. The zero-order valence-electron chi connectivity index (χ0n) is 15.0. The molecule has 0 saturated carbocycles. The molecule has 3 nitrogen and oxygen atoms in total. The maximum absolute atomic E-state index is 10.6. The summed E-state index contributed by atoms with van der Waals surface area (Å²) in [4.78, 5) is 0. The Hall–Kier alpha value is -2.36. The summed E-state index contributed by atoms with van der Waals surface area (Å²) in [6.45, 7) is 5.59. The van der Waals surface area contributed by atoms with Crippen LogP contribution in [0.2, 0.25) is 0 Å². The van der Waals surface area contributed by atoms with E-state index in [4.69, 9.17) is 0 Å². The maximum atomic E-state index is 10.6. The van der Waals surface area contributed by atoms with Crippen LogP contribution in [0.5, 0.6) is 0 Å². The minimum absolute atomic E-state index is 0.389. The van der Waals surface area contributed by atoms with Crippen molar-refractivity contribution >= 4 is 0 Å². The SMILES string of the molecule is CC(C)[NH2+]C[C@@H](O)Cn1c(-c2ccccc2)ccc1-c1ccccc1. The standard InChI is InChI=1S/C22H26N2O/c1-17(2)23-15-20(25)16-24-21(18-9-5-3-6-10-18)13-14-22(24)19-11-7-4-8-12-19/h3-14,17,20,23,25H,15-16H2,1-2H3/p+1/t20-/m1/s1. The molecule has 3 N–H and O–H groups in total. The number of aliphatic hydroxyl groups excluding tert-OH is 1. The molecule has 0 unspecified atom stereocenters. The van der Waals surface area contributed by atoms with E-state index in [0.29, 0.717) is 19.1 Å². The number of hydrogen-bond acceptors (Lipinski definition) is 1. The van der Waals surface area contributed by atoms with Crippen molar-refractivity contribution in [1.82, 2.24) is 4.57 Å². The normalized spacial score (nSPS) is 12.5. The van der Waals surface area contributed by atoms with Gasteiger partial charge in [0.1, 0.15) is 12.6 Å². The molecular weight excluding hydrogens is 308 g/mol. The lowest BCUT2D eigenvalue weighted by Crippen LogP contribution is -2.90. The predicted octanol–water partition coefficient (Wildman–Crippen LogP) is 3.15. The number of quaternary nitrogens is 1. The van der Waals surface area contributed by atoms with E-state index in [1.807, 2.05) is 12.1 Å². The third kappa shape index (κ3) is 4.38. The van der Waals surface area contributed by atoms with E-state index in [-0.39, 0.29) is 6.10 Å². The van der Waals surface area contributed by atoms with Gasteiger partial charge in [-0.05, 0) is 37.1 Å². The topological polar surface area (TPSA) is 41.8 Å². The van der Waals surface area contributed by atoms with E-state index in [0.717, 1.165) is 11.4 Å². The Morgan fingerprint density at radius 1 is 0.800 bits per heavy atom. The maximum Gasteiger partial charge on any atom is 0.121 e. The summed E-state index contributed by atoms with van der Waals surface area (Å²) in [6, 6.07) is 25.5. The fraction of sp³-hybridized carbons (Fsp3) is 0.273. The fourth-order valence-electron chi connectivity index (χ4n) is 3.10. The number of nitrogens with two attached hydrogens (primary N) is 1. The summed E-state index contributed by atoms with van der Waals surface area (Å²) in [6.07, 6.45) is -0.389. The first-order chi connectivity index (χ1) is 12.1. The molecule has 3 rings (SSSR count). The zero-order valence-corrected chi connectivity index (χ0v) is 15.0. The van der Waals surface area contributed by atoms with Gasteiger partial charge in [-0.1, -0.05) is 60.7 Å². The second-order valence-electron chi connectivity index (χ2n) is 6.82. The minimum Gasteiger partial charge on any atom is -0.385 e. The lowest BCUT2D eigenvalue weighted by atomic mass is 10.1. The number of benzene rings is 2. The Kier molecular flexibility index (Phi) is 5.69. The van der Waals surface area contributed by atoms with E-state index in [1.165, 1.54) is 11.1 Å².